The molecule has 0 bridgehead atoms. The number of hydrogen-bond donors (Lipinski definition) is 3. The molecule has 1 rings (SSSR count). The topological polar surface area (TPSA) is 141 Å². The minimum atomic E-state index is -1.21. The summed E-state index contributed by atoms with van der Waals surface area (Å²) in [7, 11) is 0. The average Bonchev–Trinajstić information content (AvgIpc) is 2.37. The highest BCUT2D eigenvalue weighted by Gasteiger charge is 2.28. The number of likely N-dealkylation sites (tertiary alicyclic amines) is 1. The zero-order chi connectivity index (χ0) is 16.0. The summed E-state index contributed by atoms with van der Waals surface area (Å²) in [6, 6.07) is 0. The number of piperidine rings is 1. The Labute approximate surface area is 121 Å². The molecule has 2 amide bonds. The van der Waals surface area contributed by atoms with Crippen molar-refractivity contribution in [2.45, 2.75) is 12.8 Å². The Hall–Kier alpha value is -2.16. The molecular formula is C12H19N3O6. The molecule has 0 aromatic rings. The lowest BCUT2D eigenvalue weighted by Crippen LogP contribution is -2.49. The number of primary amides is 1. The van der Waals surface area contributed by atoms with Gasteiger partial charge in [-0.1, -0.05) is 0 Å². The van der Waals surface area contributed by atoms with E-state index in [9.17, 15) is 19.2 Å². The molecule has 1 aliphatic rings. The number of carbonyl (C=O) groups excluding carboxylic acids is 2. The summed E-state index contributed by atoms with van der Waals surface area (Å²) in [6.07, 6.45) is 1.25. The number of carboxylic acid groups (broad SMARTS) is 2. The van der Waals surface area contributed by atoms with Crippen molar-refractivity contribution in [3.63, 3.8) is 0 Å². The van der Waals surface area contributed by atoms with Crippen LogP contribution >= 0.6 is 0 Å². The number of nitrogens with two attached hydrogens (primary N) is 1. The average molecular weight is 301 g/mol. The largest absolute Gasteiger partial charge is 0.480 e. The second-order valence-electron chi connectivity index (χ2n) is 5.01. The van der Waals surface area contributed by atoms with Crippen molar-refractivity contribution in [1.82, 2.24) is 9.80 Å². The number of amides is 2. The maximum absolute atomic E-state index is 12.1. The summed E-state index contributed by atoms with van der Waals surface area (Å²) in [6.45, 7) is -0.737. The molecule has 1 aliphatic heterocycles. The van der Waals surface area contributed by atoms with Gasteiger partial charge in [-0.05, 0) is 12.8 Å². The van der Waals surface area contributed by atoms with Crippen LogP contribution in [0.15, 0.2) is 0 Å². The fraction of sp³-hybridized carbons (Fsp3) is 0.667. The number of carboxylic acids is 2. The van der Waals surface area contributed by atoms with E-state index in [0.29, 0.717) is 19.4 Å². The maximum atomic E-state index is 12.1. The van der Waals surface area contributed by atoms with Crippen LogP contribution in [-0.4, -0.2) is 76.5 Å². The zero-order valence-electron chi connectivity index (χ0n) is 11.5. The van der Waals surface area contributed by atoms with Crippen LogP contribution in [0.2, 0.25) is 0 Å². The minimum absolute atomic E-state index is 0.197. The number of hydrogen-bond acceptors (Lipinski definition) is 5. The van der Waals surface area contributed by atoms with Crippen molar-refractivity contribution in [1.29, 1.82) is 0 Å². The third-order valence-electron chi connectivity index (χ3n) is 3.25. The molecule has 9 heteroatoms. The molecule has 0 aliphatic carbocycles. The summed E-state index contributed by atoms with van der Waals surface area (Å²) >= 11 is 0. The van der Waals surface area contributed by atoms with Crippen molar-refractivity contribution in [3.8, 4) is 0 Å². The van der Waals surface area contributed by atoms with Gasteiger partial charge in [-0.25, -0.2) is 0 Å². The van der Waals surface area contributed by atoms with E-state index in [0.717, 1.165) is 4.90 Å². The van der Waals surface area contributed by atoms with Gasteiger partial charge in [-0.15, -0.1) is 0 Å². The molecule has 118 valence electrons. The standard InChI is InChI=1S/C12H19N3O6/c13-12(21)8-2-1-3-15(4-8)9(16)5-14(6-10(17)18)7-11(19)20/h8H,1-7H2,(H2,13,21)(H,17,18)(H,19,20). The fourth-order valence-electron chi connectivity index (χ4n) is 2.28. The second-order valence-corrected chi connectivity index (χ2v) is 5.01. The smallest absolute Gasteiger partial charge is 0.317 e. The minimum Gasteiger partial charge on any atom is -0.480 e. The lowest BCUT2D eigenvalue weighted by molar-refractivity contribution is -0.143. The van der Waals surface area contributed by atoms with Crippen molar-refractivity contribution in [3.05, 3.63) is 0 Å². The van der Waals surface area contributed by atoms with Gasteiger partial charge in [0.05, 0.1) is 25.6 Å². The Morgan fingerprint density at radius 1 is 1.10 bits per heavy atom. The summed E-state index contributed by atoms with van der Waals surface area (Å²) in [5, 5.41) is 17.4. The molecule has 0 aromatic heterocycles. The van der Waals surface area contributed by atoms with Crippen molar-refractivity contribution >= 4 is 23.8 Å². The van der Waals surface area contributed by atoms with E-state index in [1.54, 1.807) is 0 Å². The second kappa shape index (κ2) is 7.58. The summed E-state index contributed by atoms with van der Waals surface area (Å²) < 4.78 is 0. The zero-order valence-corrected chi connectivity index (χ0v) is 11.5. The van der Waals surface area contributed by atoms with E-state index in [1.807, 2.05) is 0 Å². The summed E-state index contributed by atoms with van der Waals surface area (Å²) in [4.78, 5) is 47.0. The first-order chi connectivity index (χ1) is 9.79. The van der Waals surface area contributed by atoms with Gasteiger partial charge in [-0.2, -0.15) is 0 Å². The third kappa shape index (κ3) is 5.78. The van der Waals surface area contributed by atoms with Crippen LogP contribution in [0.4, 0.5) is 0 Å². The number of carbonyl (C=O) groups is 4. The number of aliphatic carboxylic acids is 2. The Bertz CT molecular complexity index is 423. The van der Waals surface area contributed by atoms with Crippen molar-refractivity contribution in [2.75, 3.05) is 32.7 Å². The monoisotopic (exact) mass is 301 g/mol. The molecule has 4 N–H and O–H groups in total. The Morgan fingerprint density at radius 3 is 2.14 bits per heavy atom. The SMILES string of the molecule is NC(=O)C1CCCN(C(=O)CN(CC(=O)O)CC(=O)O)C1. The lowest BCUT2D eigenvalue weighted by Gasteiger charge is -2.32. The summed E-state index contributed by atoms with van der Waals surface area (Å²) in [5.74, 6) is -3.70. The van der Waals surface area contributed by atoms with Gasteiger partial charge in [-0.3, -0.25) is 24.1 Å². The van der Waals surface area contributed by atoms with Gasteiger partial charge < -0.3 is 20.8 Å². The first kappa shape index (κ1) is 16.9. The van der Waals surface area contributed by atoms with Crippen LogP contribution in [0.5, 0.6) is 0 Å². The van der Waals surface area contributed by atoms with Crippen LogP contribution in [0.1, 0.15) is 12.8 Å². The van der Waals surface area contributed by atoms with E-state index in [1.165, 1.54) is 4.90 Å². The molecule has 9 nitrogen and oxygen atoms in total. The molecule has 1 atom stereocenters. The first-order valence-corrected chi connectivity index (χ1v) is 6.52. The van der Waals surface area contributed by atoms with Gasteiger partial charge in [0.25, 0.3) is 0 Å². The molecule has 0 radical (unpaired) electrons. The predicted octanol–water partition coefficient (Wildman–Crippen LogP) is -1.82. The molecule has 0 saturated carbocycles. The normalized spacial score (nSPS) is 18.5. The van der Waals surface area contributed by atoms with Crippen LogP contribution < -0.4 is 5.73 Å². The van der Waals surface area contributed by atoms with Crippen LogP contribution in [-0.2, 0) is 19.2 Å². The van der Waals surface area contributed by atoms with E-state index in [4.69, 9.17) is 15.9 Å². The highest BCUT2D eigenvalue weighted by atomic mass is 16.4. The van der Waals surface area contributed by atoms with Gasteiger partial charge in [0, 0.05) is 13.1 Å². The molecule has 1 unspecified atom stereocenters. The van der Waals surface area contributed by atoms with Crippen molar-refractivity contribution in [2.24, 2.45) is 11.7 Å². The Morgan fingerprint density at radius 2 is 1.67 bits per heavy atom. The molecule has 1 heterocycles. The van der Waals surface area contributed by atoms with Crippen LogP contribution in [0, 0.1) is 5.92 Å². The Kier molecular flexibility index (Phi) is 6.10. The first-order valence-electron chi connectivity index (χ1n) is 6.52. The van der Waals surface area contributed by atoms with Gasteiger partial charge >= 0.3 is 11.9 Å². The maximum Gasteiger partial charge on any atom is 0.317 e. The van der Waals surface area contributed by atoms with Crippen LogP contribution in [0.25, 0.3) is 0 Å². The van der Waals surface area contributed by atoms with E-state index in [2.05, 4.69) is 0 Å². The van der Waals surface area contributed by atoms with E-state index in [-0.39, 0.29) is 13.1 Å². The summed E-state index contributed by atoms with van der Waals surface area (Å²) in [5.41, 5.74) is 5.22. The van der Waals surface area contributed by atoms with Gasteiger partial charge in [0.2, 0.25) is 11.8 Å². The van der Waals surface area contributed by atoms with Gasteiger partial charge in [0.1, 0.15) is 0 Å². The predicted molar refractivity (Wildman–Crippen MR) is 70.2 cm³/mol. The molecule has 0 aromatic carbocycles. The molecule has 0 spiro atoms. The molecule has 21 heavy (non-hydrogen) atoms. The Balaban J connectivity index is 2.61. The molecular weight excluding hydrogens is 282 g/mol. The van der Waals surface area contributed by atoms with E-state index < -0.39 is 42.8 Å². The molecule has 1 fully saturated rings. The highest BCUT2D eigenvalue weighted by molar-refractivity contribution is 5.82. The third-order valence-corrected chi connectivity index (χ3v) is 3.25. The molecule has 1 saturated heterocycles. The lowest BCUT2D eigenvalue weighted by atomic mass is 9.97. The quantitative estimate of drug-likeness (QED) is 0.502. The van der Waals surface area contributed by atoms with E-state index >= 15 is 0 Å². The van der Waals surface area contributed by atoms with Crippen molar-refractivity contribution < 1.29 is 29.4 Å². The highest BCUT2D eigenvalue weighted by Crippen LogP contribution is 2.16. The number of rotatable bonds is 7. The van der Waals surface area contributed by atoms with Gasteiger partial charge in [0.15, 0.2) is 0 Å². The fourth-order valence-corrected chi connectivity index (χ4v) is 2.28. The number of nitrogens with zero attached hydrogens (tertiary/aromatic N) is 2. The van der Waals surface area contributed by atoms with Crippen LogP contribution in [0.3, 0.4) is 0 Å².